The first-order chi connectivity index (χ1) is 11.6. The van der Waals surface area contributed by atoms with E-state index < -0.39 is 0 Å². The Kier molecular flexibility index (Phi) is 4.77. The van der Waals surface area contributed by atoms with Gasteiger partial charge in [-0.2, -0.15) is 4.98 Å². The third-order valence-corrected chi connectivity index (χ3v) is 3.38. The fourth-order valence-corrected chi connectivity index (χ4v) is 2.18. The summed E-state index contributed by atoms with van der Waals surface area (Å²) < 4.78 is 10.7. The number of rotatable bonds is 5. The van der Waals surface area contributed by atoms with E-state index in [0.717, 1.165) is 0 Å². The van der Waals surface area contributed by atoms with Crippen LogP contribution >= 0.6 is 11.6 Å². The smallest absolute Gasteiger partial charge is 0.262 e. The fourth-order valence-electron chi connectivity index (χ4n) is 2.05. The largest absolute Gasteiger partial charge is 0.483 e. The molecular formula is C17H14ClN3O3. The molecule has 6 nitrogen and oxygen atoms in total. The first-order valence-electron chi connectivity index (χ1n) is 7.20. The Hall–Kier alpha value is -2.86. The third-order valence-electron chi connectivity index (χ3n) is 3.13. The van der Waals surface area contributed by atoms with E-state index in [9.17, 15) is 4.79 Å². The van der Waals surface area contributed by atoms with Crippen LogP contribution in [0.5, 0.6) is 5.75 Å². The Bertz CT molecular complexity index is 846. The lowest BCUT2D eigenvalue weighted by Crippen LogP contribution is -2.20. The Morgan fingerprint density at radius 1 is 1.21 bits per heavy atom. The number of ether oxygens (including phenoxy) is 1. The van der Waals surface area contributed by atoms with Crippen LogP contribution in [0.4, 0.5) is 5.69 Å². The highest BCUT2D eigenvalue weighted by atomic mass is 35.5. The topological polar surface area (TPSA) is 77.2 Å². The molecule has 0 atom stereocenters. The van der Waals surface area contributed by atoms with Gasteiger partial charge in [-0.1, -0.05) is 28.9 Å². The molecule has 0 unspecified atom stereocenters. The monoisotopic (exact) mass is 343 g/mol. The number of para-hydroxylation sites is 1. The summed E-state index contributed by atoms with van der Waals surface area (Å²) in [4.78, 5) is 16.2. The molecule has 24 heavy (non-hydrogen) atoms. The third kappa shape index (κ3) is 3.91. The lowest BCUT2D eigenvalue weighted by molar-refractivity contribution is -0.118. The van der Waals surface area contributed by atoms with E-state index in [1.807, 2.05) is 6.07 Å². The molecule has 0 spiro atoms. The minimum atomic E-state index is -0.283. The number of benzene rings is 2. The maximum absolute atomic E-state index is 12.0. The molecule has 1 heterocycles. The highest BCUT2D eigenvalue weighted by Gasteiger charge is 2.13. The number of amides is 1. The van der Waals surface area contributed by atoms with Gasteiger partial charge in [-0.15, -0.1) is 0 Å². The molecule has 0 aliphatic rings. The zero-order valence-corrected chi connectivity index (χ0v) is 13.6. The number of hydrogen-bond donors (Lipinski definition) is 1. The van der Waals surface area contributed by atoms with E-state index in [4.69, 9.17) is 20.9 Å². The molecule has 0 fully saturated rings. The van der Waals surface area contributed by atoms with Crippen LogP contribution in [0.2, 0.25) is 5.02 Å². The Labute approximate surface area is 143 Å². The van der Waals surface area contributed by atoms with Crippen LogP contribution < -0.4 is 10.1 Å². The van der Waals surface area contributed by atoms with Gasteiger partial charge in [-0.25, -0.2) is 0 Å². The second-order valence-electron chi connectivity index (χ2n) is 4.99. The van der Waals surface area contributed by atoms with Crippen LogP contribution in [-0.4, -0.2) is 22.7 Å². The predicted octanol–water partition coefficient (Wildman–Crippen LogP) is 3.72. The summed E-state index contributed by atoms with van der Waals surface area (Å²) in [7, 11) is 0. The lowest BCUT2D eigenvalue weighted by atomic mass is 10.2. The predicted molar refractivity (Wildman–Crippen MR) is 90.0 cm³/mol. The Morgan fingerprint density at radius 3 is 2.67 bits per heavy atom. The molecule has 0 saturated carbocycles. The van der Waals surface area contributed by atoms with Gasteiger partial charge in [-0.3, -0.25) is 4.79 Å². The summed E-state index contributed by atoms with van der Waals surface area (Å²) in [5.41, 5.74) is 1.28. The van der Waals surface area contributed by atoms with Crippen molar-refractivity contribution in [2.24, 2.45) is 0 Å². The zero-order valence-electron chi connectivity index (χ0n) is 12.8. The van der Waals surface area contributed by atoms with Gasteiger partial charge in [-0.05, 0) is 43.3 Å². The van der Waals surface area contributed by atoms with E-state index in [-0.39, 0.29) is 12.5 Å². The molecule has 2 aromatic carbocycles. The first-order valence-corrected chi connectivity index (χ1v) is 7.57. The number of carbonyl (C=O) groups is 1. The minimum absolute atomic E-state index is 0.146. The summed E-state index contributed by atoms with van der Waals surface area (Å²) in [6.07, 6.45) is 0. The van der Waals surface area contributed by atoms with Crippen molar-refractivity contribution >= 4 is 23.2 Å². The maximum atomic E-state index is 12.0. The van der Waals surface area contributed by atoms with Crippen LogP contribution in [0.1, 0.15) is 5.82 Å². The van der Waals surface area contributed by atoms with Gasteiger partial charge >= 0.3 is 0 Å². The number of nitrogens with zero attached hydrogens (tertiary/aromatic N) is 2. The van der Waals surface area contributed by atoms with Gasteiger partial charge in [0.1, 0.15) is 5.75 Å². The number of aryl methyl sites for hydroxylation is 1. The van der Waals surface area contributed by atoms with Crippen LogP contribution in [0, 0.1) is 6.92 Å². The molecule has 7 heteroatoms. The highest BCUT2D eigenvalue weighted by Crippen LogP contribution is 2.28. The van der Waals surface area contributed by atoms with E-state index >= 15 is 0 Å². The Morgan fingerprint density at radius 2 is 1.96 bits per heavy atom. The minimum Gasteiger partial charge on any atom is -0.483 e. The maximum Gasteiger partial charge on any atom is 0.262 e. The molecular weight excluding hydrogens is 330 g/mol. The van der Waals surface area contributed by atoms with Gasteiger partial charge in [0.05, 0.1) is 5.56 Å². The van der Waals surface area contributed by atoms with Gasteiger partial charge < -0.3 is 14.6 Å². The van der Waals surface area contributed by atoms with Crippen LogP contribution in [-0.2, 0) is 4.79 Å². The summed E-state index contributed by atoms with van der Waals surface area (Å²) in [6, 6.07) is 14.0. The summed E-state index contributed by atoms with van der Waals surface area (Å²) in [6.45, 7) is 1.59. The Balaban J connectivity index is 1.66. The number of nitrogens with one attached hydrogen (secondary N) is 1. The van der Waals surface area contributed by atoms with E-state index in [1.165, 1.54) is 0 Å². The molecule has 0 radical (unpaired) electrons. The molecule has 0 aliphatic carbocycles. The zero-order chi connectivity index (χ0) is 16.9. The normalized spacial score (nSPS) is 10.4. The molecule has 1 amide bonds. The number of hydrogen-bond acceptors (Lipinski definition) is 5. The van der Waals surface area contributed by atoms with Crippen molar-refractivity contribution in [2.45, 2.75) is 6.92 Å². The van der Waals surface area contributed by atoms with Gasteiger partial charge in [0, 0.05) is 10.7 Å². The van der Waals surface area contributed by atoms with E-state index in [0.29, 0.717) is 33.7 Å². The van der Waals surface area contributed by atoms with E-state index in [1.54, 1.807) is 49.4 Å². The summed E-state index contributed by atoms with van der Waals surface area (Å²) >= 11 is 5.81. The van der Waals surface area contributed by atoms with Crippen molar-refractivity contribution in [3.8, 4) is 17.2 Å². The molecule has 3 aromatic rings. The van der Waals surface area contributed by atoms with Gasteiger partial charge in [0.2, 0.25) is 0 Å². The van der Waals surface area contributed by atoms with Crippen molar-refractivity contribution < 1.29 is 14.1 Å². The van der Waals surface area contributed by atoms with Crippen molar-refractivity contribution in [3.63, 3.8) is 0 Å². The summed E-state index contributed by atoms with van der Waals surface area (Å²) in [5, 5.41) is 7.09. The summed E-state index contributed by atoms with van der Waals surface area (Å²) in [5.74, 6) is 1.09. The second kappa shape index (κ2) is 7.14. The van der Waals surface area contributed by atoms with Crippen molar-refractivity contribution in [3.05, 3.63) is 59.4 Å². The number of aromatic nitrogens is 2. The molecule has 1 N–H and O–H groups in total. The molecule has 0 saturated heterocycles. The SMILES string of the molecule is Cc1noc(-c2ccccc2OCC(=O)Nc2ccc(Cl)cc2)n1. The van der Waals surface area contributed by atoms with Gasteiger partial charge in [0.25, 0.3) is 11.8 Å². The van der Waals surface area contributed by atoms with Crippen molar-refractivity contribution in [2.75, 3.05) is 11.9 Å². The molecule has 0 aliphatic heterocycles. The quantitative estimate of drug-likeness (QED) is 0.764. The second-order valence-corrected chi connectivity index (χ2v) is 5.42. The molecule has 1 aromatic heterocycles. The number of carbonyl (C=O) groups excluding carboxylic acids is 1. The van der Waals surface area contributed by atoms with Crippen molar-refractivity contribution in [1.29, 1.82) is 0 Å². The van der Waals surface area contributed by atoms with E-state index in [2.05, 4.69) is 15.5 Å². The van der Waals surface area contributed by atoms with Crippen molar-refractivity contribution in [1.82, 2.24) is 10.1 Å². The number of halogens is 1. The molecule has 122 valence electrons. The van der Waals surface area contributed by atoms with Crippen LogP contribution in [0.25, 0.3) is 11.5 Å². The highest BCUT2D eigenvalue weighted by molar-refractivity contribution is 6.30. The van der Waals surface area contributed by atoms with Crippen LogP contribution in [0.3, 0.4) is 0 Å². The average Bonchev–Trinajstić information content (AvgIpc) is 3.02. The lowest BCUT2D eigenvalue weighted by Gasteiger charge is -2.09. The van der Waals surface area contributed by atoms with Gasteiger partial charge in [0.15, 0.2) is 12.4 Å². The standard InChI is InChI=1S/C17H14ClN3O3/c1-11-19-17(24-21-11)14-4-2-3-5-15(14)23-10-16(22)20-13-8-6-12(18)7-9-13/h2-9H,10H2,1H3,(H,20,22). The van der Waals surface area contributed by atoms with Crippen LogP contribution in [0.15, 0.2) is 53.1 Å². The molecule has 0 bridgehead atoms. The number of anilines is 1. The average molecular weight is 344 g/mol. The first kappa shape index (κ1) is 16.0. The molecule has 3 rings (SSSR count). The fraction of sp³-hybridized carbons (Fsp3) is 0.118.